The molecule has 1 atom stereocenters. The fourth-order valence-electron chi connectivity index (χ4n) is 1.67. The van der Waals surface area contributed by atoms with E-state index < -0.39 is 12.1 Å². The van der Waals surface area contributed by atoms with Crippen molar-refractivity contribution < 1.29 is 14.3 Å². The monoisotopic (exact) mass is 224 g/mol. The van der Waals surface area contributed by atoms with E-state index in [9.17, 15) is 9.59 Å². The number of carbonyl (C=O) groups is 2. The van der Waals surface area contributed by atoms with Crippen molar-refractivity contribution in [2.45, 2.75) is 38.1 Å². The number of rotatable bonds is 7. The number of hydrogen-bond donors (Lipinski definition) is 0. The van der Waals surface area contributed by atoms with Crippen LogP contribution in [0.3, 0.4) is 0 Å². The Hall–Kier alpha value is -1.57. The number of nitriles is 1. The molecule has 0 aromatic carbocycles. The molecule has 0 bridgehead atoms. The van der Waals surface area contributed by atoms with Crippen LogP contribution in [0.4, 0.5) is 4.79 Å². The van der Waals surface area contributed by atoms with Crippen LogP contribution in [-0.2, 0) is 9.53 Å². The summed E-state index contributed by atoms with van der Waals surface area (Å²) in [4.78, 5) is 23.3. The minimum atomic E-state index is -0.411. The van der Waals surface area contributed by atoms with E-state index in [-0.39, 0.29) is 6.61 Å². The van der Waals surface area contributed by atoms with Crippen LogP contribution >= 0.6 is 0 Å². The second-order valence-corrected chi connectivity index (χ2v) is 3.80. The maximum absolute atomic E-state index is 11.2. The maximum atomic E-state index is 11.2. The quantitative estimate of drug-likeness (QED) is 0.485. The van der Waals surface area contributed by atoms with Crippen LogP contribution in [0.25, 0.3) is 0 Å². The number of cyclic esters (lactones) is 1. The Morgan fingerprint density at radius 3 is 2.88 bits per heavy atom. The third-order valence-corrected chi connectivity index (χ3v) is 2.61. The largest absolute Gasteiger partial charge is 0.447 e. The van der Waals surface area contributed by atoms with Gasteiger partial charge in [0, 0.05) is 13.0 Å². The van der Waals surface area contributed by atoms with Crippen molar-refractivity contribution >= 4 is 12.4 Å². The summed E-state index contributed by atoms with van der Waals surface area (Å²) in [6.45, 7) is 0.742. The average Bonchev–Trinajstić information content (AvgIpc) is 2.65. The Morgan fingerprint density at radius 1 is 1.44 bits per heavy atom. The van der Waals surface area contributed by atoms with Gasteiger partial charge in [-0.25, -0.2) is 4.79 Å². The molecule has 1 aliphatic heterocycles. The molecule has 5 heteroatoms. The summed E-state index contributed by atoms with van der Waals surface area (Å²) in [5, 5.41) is 8.34. The Bertz CT molecular complexity index is 285. The first-order valence-corrected chi connectivity index (χ1v) is 5.55. The molecule has 0 aromatic rings. The Balaban J connectivity index is 2.14. The van der Waals surface area contributed by atoms with Crippen molar-refractivity contribution in [1.82, 2.24) is 4.90 Å². The number of aldehydes is 1. The molecule has 0 N–H and O–H groups in total. The lowest BCUT2D eigenvalue weighted by atomic mass is 10.1. The van der Waals surface area contributed by atoms with Gasteiger partial charge in [-0.3, -0.25) is 4.90 Å². The molecule has 1 aliphatic rings. The smallest absolute Gasteiger partial charge is 0.410 e. The summed E-state index contributed by atoms with van der Waals surface area (Å²) < 4.78 is 4.78. The predicted octanol–water partition coefficient (Wildman–Crippen LogP) is 1.48. The van der Waals surface area contributed by atoms with Crippen LogP contribution < -0.4 is 0 Å². The molecule has 1 fully saturated rings. The van der Waals surface area contributed by atoms with Crippen molar-refractivity contribution in [3.63, 3.8) is 0 Å². The molecule has 88 valence electrons. The summed E-state index contributed by atoms with van der Waals surface area (Å²) in [7, 11) is 0. The number of nitrogens with zero attached hydrogens (tertiary/aromatic N) is 2. The van der Waals surface area contributed by atoms with Crippen molar-refractivity contribution in [3.05, 3.63) is 0 Å². The first kappa shape index (κ1) is 12.5. The average molecular weight is 224 g/mol. The van der Waals surface area contributed by atoms with E-state index in [0.717, 1.165) is 32.0 Å². The van der Waals surface area contributed by atoms with Gasteiger partial charge in [0.05, 0.1) is 6.07 Å². The van der Waals surface area contributed by atoms with E-state index in [4.69, 9.17) is 10.00 Å². The highest BCUT2D eigenvalue weighted by Crippen LogP contribution is 2.12. The lowest BCUT2D eigenvalue weighted by Gasteiger charge is -2.16. The van der Waals surface area contributed by atoms with Crippen molar-refractivity contribution in [2.24, 2.45) is 0 Å². The zero-order valence-corrected chi connectivity index (χ0v) is 9.22. The van der Waals surface area contributed by atoms with Gasteiger partial charge in [-0.15, -0.1) is 0 Å². The predicted molar refractivity (Wildman–Crippen MR) is 56.6 cm³/mol. The normalized spacial score (nSPS) is 19.3. The van der Waals surface area contributed by atoms with E-state index in [0.29, 0.717) is 13.0 Å². The summed E-state index contributed by atoms with van der Waals surface area (Å²) in [5.41, 5.74) is 0. The Morgan fingerprint density at radius 2 is 2.19 bits per heavy atom. The molecule has 5 nitrogen and oxygen atoms in total. The minimum Gasteiger partial charge on any atom is -0.447 e. The van der Waals surface area contributed by atoms with Gasteiger partial charge in [0.2, 0.25) is 0 Å². The topological polar surface area (TPSA) is 70.4 Å². The molecule has 16 heavy (non-hydrogen) atoms. The molecule has 0 aliphatic carbocycles. The summed E-state index contributed by atoms with van der Waals surface area (Å²) >= 11 is 0. The van der Waals surface area contributed by atoms with Gasteiger partial charge in [-0.1, -0.05) is 12.8 Å². The molecular weight excluding hydrogens is 208 g/mol. The summed E-state index contributed by atoms with van der Waals surface area (Å²) in [6.07, 6.45) is 4.65. The van der Waals surface area contributed by atoms with Crippen LogP contribution in [0, 0.1) is 11.3 Å². The molecular formula is C11H16N2O3. The van der Waals surface area contributed by atoms with Crippen LogP contribution in [-0.4, -0.2) is 36.5 Å². The summed E-state index contributed by atoms with van der Waals surface area (Å²) in [5.74, 6) is 0. The van der Waals surface area contributed by atoms with Crippen LogP contribution in [0.1, 0.15) is 32.1 Å². The maximum Gasteiger partial charge on any atom is 0.410 e. The van der Waals surface area contributed by atoms with E-state index in [1.807, 2.05) is 0 Å². The van der Waals surface area contributed by atoms with Gasteiger partial charge < -0.3 is 9.53 Å². The molecule has 0 radical (unpaired) electrons. The molecule has 1 saturated heterocycles. The second-order valence-electron chi connectivity index (χ2n) is 3.80. The Labute approximate surface area is 95.0 Å². The number of ether oxygens (including phenoxy) is 1. The van der Waals surface area contributed by atoms with E-state index in [1.165, 1.54) is 4.90 Å². The van der Waals surface area contributed by atoms with Crippen molar-refractivity contribution in [3.8, 4) is 6.07 Å². The third kappa shape index (κ3) is 3.54. The molecule has 0 spiro atoms. The minimum absolute atomic E-state index is 0.177. The van der Waals surface area contributed by atoms with Crippen LogP contribution in [0.15, 0.2) is 0 Å². The van der Waals surface area contributed by atoms with Gasteiger partial charge in [0.15, 0.2) is 0 Å². The van der Waals surface area contributed by atoms with Gasteiger partial charge in [-0.2, -0.15) is 5.26 Å². The Kier molecular flexibility index (Phi) is 5.34. The van der Waals surface area contributed by atoms with Crippen molar-refractivity contribution in [1.29, 1.82) is 5.26 Å². The molecule has 1 unspecified atom stereocenters. The van der Waals surface area contributed by atoms with Gasteiger partial charge in [0.25, 0.3) is 0 Å². The molecule has 0 aromatic heterocycles. The highest BCUT2D eigenvalue weighted by molar-refractivity contribution is 5.76. The highest BCUT2D eigenvalue weighted by atomic mass is 16.6. The second kappa shape index (κ2) is 6.83. The highest BCUT2D eigenvalue weighted by Gasteiger charge is 2.31. The van der Waals surface area contributed by atoms with E-state index in [1.54, 1.807) is 0 Å². The standard InChI is InChI=1S/C11H16N2O3/c12-6-4-2-1-3-5-7-13-10(8-14)9-16-11(13)15/h8,10H,1-5,7,9H2. The number of amides is 1. The number of carbonyl (C=O) groups excluding carboxylic acids is 2. The first-order valence-electron chi connectivity index (χ1n) is 5.55. The zero-order chi connectivity index (χ0) is 11.8. The number of hydrogen-bond acceptors (Lipinski definition) is 4. The lowest BCUT2D eigenvalue weighted by molar-refractivity contribution is -0.111. The van der Waals surface area contributed by atoms with Crippen LogP contribution in [0.2, 0.25) is 0 Å². The fourth-order valence-corrected chi connectivity index (χ4v) is 1.67. The van der Waals surface area contributed by atoms with Crippen molar-refractivity contribution in [2.75, 3.05) is 13.2 Å². The molecule has 0 saturated carbocycles. The molecule has 1 rings (SSSR count). The third-order valence-electron chi connectivity index (χ3n) is 2.61. The van der Waals surface area contributed by atoms with Gasteiger partial charge in [0.1, 0.15) is 18.9 Å². The van der Waals surface area contributed by atoms with Crippen LogP contribution in [0.5, 0.6) is 0 Å². The lowest BCUT2D eigenvalue weighted by Crippen LogP contribution is -2.35. The number of unbranched alkanes of at least 4 members (excludes halogenated alkanes) is 4. The van der Waals surface area contributed by atoms with E-state index in [2.05, 4.69) is 6.07 Å². The molecule has 1 amide bonds. The van der Waals surface area contributed by atoms with E-state index >= 15 is 0 Å². The SMILES string of the molecule is N#CCCCCCCN1C(=O)OCC1C=O. The molecule has 1 heterocycles. The van der Waals surface area contributed by atoms with Gasteiger partial charge in [-0.05, 0) is 12.8 Å². The zero-order valence-electron chi connectivity index (χ0n) is 9.22. The fraction of sp³-hybridized carbons (Fsp3) is 0.727. The van der Waals surface area contributed by atoms with Gasteiger partial charge >= 0.3 is 6.09 Å². The first-order chi connectivity index (χ1) is 7.79. The summed E-state index contributed by atoms with van der Waals surface area (Å²) in [6, 6.07) is 1.68.